The number of rotatable bonds is 4. The molecule has 1 rings (SSSR count). The number of amides is 1. The Kier molecular flexibility index (Phi) is 7.46. The van der Waals surface area contributed by atoms with E-state index in [-0.39, 0.29) is 48.3 Å². The van der Waals surface area contributed by atoms with Gasteiger partial charge in [0.15, 0.2) is 0 Å². The van der Waals surface area contributed by atoms with Crippen molar-refractivity contribution in [1.82, 2.24) is 0 Å². The quantitative estimate of drug-likeness (QED) is 0.818. The van der Waals surface area contributed by atoms with Gasteiger partial charge in [0.2, 0.25) is 5.91 Å². The number of benzene rings is 1. The van der Waals surface area contributed by atoms with Gasteiger partial charge in [-0.25, -0.2) is 0 Å². The number of halogens is 1. The second-order valence-corrected chi connectivity index (χ2v) is 3.78. The number of carbonyl (C=O) groups excluding carboxylic acids is 1. The molecule has 2 N–H and O–H groups in total. The number of hydrogen-bond acceptors (Lipinski definition) is 2. The third kappa shape index (κ3) is 5.55. The smallest absolute Gasteiger partial charge is 0.303 e. The molecular formula is C11H12ClNNaO3. The molecule has 4 nitrogen and oxygen atoms in total. The van der Waals surface area contributed by atoms with Crippen molar-refractivity contribution in [2.24, 2.45) is 0 Å². The maximum absolute atomic E-state index is 11.4. The normalized spacial score (nSPS) is 9.29. The number of carboxylic acids is 1. The maximum Gasteiger partial charge on any atom is 0.303 e. The van der Waals surface area contributed by atoms with Gasteiger partial charge in [-0.2, -0.15) is 0 Å². The van der Waals surface area contributed by atoms with Gasteiger partial charge in [-0.15, -0.1) is 0 Å². The molecule has 17 heavy (non-hydrogen) atoms. The van der Waals surface area contributed by atoms with E-state index in [0.29, 0.717) is 10.7 Å². The van der Waals surface area contributed by atoms with Crippen molar-refractivity contribution in [3.63, 3.8) is 0 Å². The monoisotopic (exact) mass is 264 g/mol. The van der Waals surface area contributed by atoms with Gasteiger partial charge in [0.1, 0.15) is 0 Å². The summed E-state index contributed by atoms with van der Waals surface area (Å²) in [6.45, 7) is 1.82. The number of aryl methyl sites for hydroxylation is 1. The molecular weight excluding hydrogens is 253 g/mol. The number of anilines is 1. The summed E-state index contributed by atoms with van der Waals surface area (Å²) in [7, 11) is 0. The summed E-state index contributed by atoms with van der Waals surface area (Å²) >= 11 is 5.91. The predicted octanol–water partition coefficient (Wildman–Crippen LogP) is 2.07. The summed E-state index contributed by atoms with van der Waals surface area (Å²) in [6.07, 6.45) is -0.241. The number of nitrogens with one attached hydrogen (secondary N) is 1. The molecule has 0 spiro atoms. The van der Waals surface area contributed by atoms with Gasteiger partial charge in [0.25, 0.3) is 0 Å². The fraction of sp³-hybridized carbons (Fsp3) is 0.273. The zero-order valence-electron chi connectivity index (χ0n) is 9.79. The Hall–Kier alpha value is -0.550. The van der Waals surface area contributed by atoms with E-state index >= 15 is 0 Å². The molecule has 1 radical (unpaired) electrons. The van der Waals surface area contributed by atoms with E-state index in [2.05, 4.69) is 5.32 Å². The number of carboxylic acid groups (broad SMARTS) is 1. The first kappa shape index (κ1) is 16.4. The molecule has 0 unspecified atom stereocenters. The predicted molar refractivity (Wildman–Crippen MR) is 67.4 cm³/mol. The first-order valence-electron chi connectivity index (χ1n) is 4.77. The topological polar surface area (TPSA) is 66.4 Å². The van der Waals surface area contributed by atoms with Crippen molar-refractivity contribution in [3.05, 3.63) is 28.8 Å². The molecule has 1 aromatic carbocycles. The van der Waals surface area contributed by atoms with Crippen LogP contribution >= 0.6 is 11.6 Å². The molecule has 0 atom stereocenters. The minimum Gasteiger partial charge on any atom is -0.481 e. The molecule has 0 saturated heterocycles. The van der Waals surface area contributed by atoms with E-state index in [9.17, 15) is 9.59 Å². The Morgan fingerprint density at radius 2 is 2.00 bits per heavy atom. The van der Waals surface area contributed by atoms with Crippen LogP contribution in [0.25, 0.3) is 0 Å². The van der Waals surface area contributed by atoms with Crippen LogP contribution in [0.5, 0.6) is 0 Å². The van der Waals surface area contributed by atoms with E-state index < -0.39 is 5.97 Å². The van der Waals surface area contributed by atoms with E-state index in [0.717, 1.165) is 5.56 Å². The molecule has 0 saturated carbocycles. The molecule has 0 aliphatic heterocycles. The van der Waals surface area contributed by atoms with Crippen LogP contribution < -0.4 is 5.32 Å². The molecule has 1 aromatic rings. The van der Waals surface area contributed by atoms with Crippen LogP contribution in [0.15, 0.2) is 18.2 Å². The number of hydrogen-bond donors (Lipinski definition) is 2. The molecule has 1 amide bonds. The summed E-state index contributed by atoms with van der Waals surface area (Å²) in [5.41, 5.74) is 1.38. The third-order valence-corrected chi connectivity index (χ3v) is 2.37. The molecule has 0 bridgehead atoms. The molecule has 6 heteroatoms. The van der Waals surface area contributed by atoms with Crippen LogP contribution in [0.1, 0.15) is 18.4 Å². The fourth-order valence-corrected chi connectivity index (χ4v) is 1.48. The zero-order chi connectivity index (χ0) is 12.1. The van der Waals surface area contributed by atoms with E-state index in [1.165, 1.54) is 0 Å². The first-order valence-corrected chi connectivity index (χ1v) is 5.15. The van der Waals surface area contributed by atoms with Crippen molar-refractivity contribution < 1.29 is 14.7 Å². The summed E-state index contributed by atoms with van der Waals surface area (Å²) in [6, 6.07) is 5.27. The van der Waals surface area contributed by atoms with Crippen molar-refractivity contribution in [2.45, 2.75) is 19.8 Å². The molecule has 0 aromatic heterocycles. The Balaban J connectivity index is 0.00000256. The van der Waals surface area contributed by atoms with Gasteiger partial charge in [0, 0.05) is 36.0 Å². The Labute approximate surface area is 127 Å². The summed E-state index contributed by atoms with van der Waals surface area (Å²) in [4.78, 5) is 21.7. The van der Waals surface area contributed by atoms with Crippen molar-refractivity contribution in [3.8, 4) is 0 Å². The maximum atomic E-state index is 11.4. The van der Waals surface area contributed by atoms with Crippen LogP contribution in [-0.2, 0) is 9.59 Å². The average molecular weight is 265 g/mol. The van der Waals surface area contributed by atoms with Crippen LogP contribution in [0.2, 0.25) is 5.02 Å². The van der Waals surface area contributed by atoms with Gasteiger partial charge >= 0.3 is 5.97 Å². The van der Waals surface area contributed by atoms with Crippen molar-refractivity contribution in [2.75, 3.05) is 5.32 Å². The zero-order valence-corrected chi connectivity index (χ0v) is 12.5. The van der Waals surface area contributed by atoms with Crippen LogP contribution in [0.4, 0.5) is 5.69 Å². The second-order valence-electron chi connectivity index (χ2n) is 3.37. The largest absolute Gasteiger partial charge is 0.481 e. The first-order chi connectivity index (χ1) is 7.50. The number of carbonyl (C=O) groups is 2. The Morgan fingerprint density at radius 1 is 1.35 bits per heavy atom. The summed E-state index contributed by atoms with van der Waals surface area (Å²) in [5.74, 6) is -1.34. The van der Waals surface area contributed by atoms with E-state index in [1.807, 2.05) is 13.0 Å². The second kappa shape index (κ2) is 7.71. The molecule has 0 aliphatic rings. The standard InChI is InChI=1S/C11H12ClNO3.Na/c1-7-3-2-4-8(12)11(7)13-9(14)5-6-10(15)16;/h2-4H,5-6H2,1H3,(H,13,14)(H,15,16);. The SMILES string of the molecule is Cc1cccc(Cl)c1NC(=O)CCC(=O)O.[Na]. The third-order valence-electron chi connectivity index (χ3n) is 2.05. The molecule has 0 heterocycles. The van der Waals surface area contributed by atoms with Crippen LogP contribution in [-0.4, -0.2) is 46.5 Å². The fourth-order valence-electron chi connectivity index (χ4n) is 1.21. The van der Waals surface area contributed by atoms with Gasteiger partial charge in [-0.1, -0.05) is 23.7 Å². The Morgan fingerprint density at radius 3 is 2.53 bits per heavy atom. The van der Waals surface area contributed by atoms with Crippen molar-refractivity contribution >= 4 is 58.7 Å². The molecule has 0 fully saturated rings. The summed E-state index contributed by atoms with van der Waals surface area (Å²) in [5, 5.41) is 11.5. The minimum absolute atomic E-state index is 0. The van der Waals surface area contributed by atoms with Gasteiger partial charge in [-0.05, 0) is 18.6 Å². The number of aliphatic carboxylic acids is 1. The minimum atomic E-state index is -0.994. The van der Waals surface area contributed by atoms with E-state index in [4.69, 9.17) is 16.7 Å². The van der Waals surface area contributed by atoms with Crippen molar-refractivity contribution in [1.29, 1.82) is 0 Å². The van der Waals surface area contributed by atoms with Gasteiger partial charge in [0.05, 0.1) is 17.1 Å². The van der Waals surface area contributed by atoms with E-state index in [1.54, 1.807) is 12.1 Å². The molecule has 0 aliphatic carbocycles. The summed E-state index contributed by atoms with van der Waals surface area (Å²) < 4.78 is 0. The van der Waals surface area contributed by atoms with Crippen LogP contribution in [0, 0.1) is 6.92 Å². The average Bonchev–Trinajstić information content (AvgIpc) is 2.21. The van der Waals surface area contributed by atoms with Crippen LogP contribution in [0.3, 0.4) is 0 Å². The Bertz CT molecular complexity index is 403. The van der Waals surface area contributed by atoms with Gasteiger partial charge < -0.3 is 10.4 Å². The van der Waals surface area contributed by atoms with Gasteiger partial charge in [-0.3, -0.25) is 9.59 Å². The molecule has 87 valence electrons. The number of para-hydroxylation sites is 1.